The third kappa shape index (κ3) is 15.9. The Bertz CT molecular complexity index is 1940. The number of esters is 3. The lowest BCUT2D eigenvalue weighted by Crippen LogP contribution is -2.51. The summed E-state index contributed by atoms with van der Waals surface area (Å²) >= 11 is 13.2. The molecule has 62 heavy (non-hydrogen) atoms. The Balaban J connectivity index is 1.85. The number of rotatable bonds is 12. The van der Waals surface area contributed by atoms with Crippen molar-refractivity contribution in [2.24, 2.45) is 22.7 Å². The molecule has 2 aromatic rings. The maximum Gasteiger partial charge on any atom is 0.407 e. The SMILES string of the molecule is Cc1ccc(CC2NC(=O)/C=C/CC(C(C)C(O)C(Cl)c3ccc(OC(=O)C(C)(C)CNC(=O)OC(C)(C)C)cc3)OC(=O)C(CC(C)C)OC(=O)C(C)(C)CNC2=O)cc1Cl. The number of hydrogen-bond acceptors (Lipinski definition) is 11. The molecular weight excluding hydrogens is 841 g/mol. The van der Waals surface area contributed by atoms with Crippen LogP contribution in [0.4, 0.5) is 4.79 Å². The van der Waals surface area contributed by atoms with Gasteiger partial charge in [-0.1, -0.05) is 62.7 Å². The Hall–Kier alpha value is -4.66. The van der Waals surface area contributed by atoms with E-state index in [9.17, 15) is 33.9 Å². The van der Waals surface area contributed by atoms with Crippen LogP contribution in [0.5, 0.6) is 5.75 Å². The average Bonchev–Trinajstić information content (AvgIpc) is 3.17. The van der Waals surface area contributed by atoms with E-state index in [1.54, 1.807) is 73.6 Å². The molecule has 0 saturated heterocycles. The number of alkyl carbamates (subject to hydrolysis) is 1. The lowest BCUT2D eigenvalue weighted by Gasteiger charge is -2.32. The summed E-state index contributed by atoms with van der Waals surface area (Å²) in [5.74, 6) is -4.10. The minimum absolute atomic E-state index is 0.0433. The van der Waals surface area contributed by atoms with Gasteiger partial charge in [-0.15, -0.1) is 11.6 Å². The lowest BCUT2D eigenvalue weighted by atomic mass is 9.90. The number of halogens is 2. The average molecular weight is 905 g/mol. The molecule has 14 nitrogen and oxygen atoms in total. The van der Waals surface area contributed by atoms with Crippen molar-refractivity contribution in [3.63, 3.8) is 0 Å². The molecule has 1 aliphatic heterocycles. The minimum Gasteiger partial charge on any atom is -0.459 e. The molecule has 0 fully saturated rings. The van der Waals surface area contributed by atoms with E-state index in [0.717, 1.165) is 5.56 Å². The number of carbonyl (C=O) groups is 6. The van der Waals surface area contributed by atoms with Gasteiger partial charge in [-0.2, -0.15) is 0 Å². The van der Waals surface area contributed by atoms with Gasteiger partial charge in [0, 0.05) is 36.9 Å². The van der Waals surface area contributed by atoms with E-state index in [4.69, 9.17) is 42.1 Å². The van der Waals surface area contributed by atoms with Crippen molar-refractivity contribution in [3.8, 4) is 5.75 Å². The van der Waals surface area contributed by atoms with Crippen LogP contribution in [-0.4, -0.2) is 84.0 Å². The number of aryl methyl sites for hydroxylation is 1. The Kier molecular flexibility index (Phi) is 18.4. The molecule has 0 aromatic heterocycles. The molecule has 0 radical (unpaired) electrons. The molecule has 0 spiro atoms. The van der Waals surface area contributed by atoms with Crippen LogP contribution in [-0.2, 0) is 44.6 Å². The fourth-order valence-electron chi connectivity index (χ4n) is 6.07. The van der Waals surface area contributed by atoms with Crippen molar-refractivity contribution in [1.82, 2.24) is 16.0 Å². The molecule has 3 amide bonds. The fraction of sp³-hybridized carbons (Fsp3) is 0.565. The summed E-state index contributed by atoms with van der Waals surface area (Å²) in [5, 5.41) is 19.2. The largest absolute Gasteiger partial charge is 0.459 e. The summed E-state index contributed by atoms with van der Waals surface area (Å²) in [6, 6.07) is 10.5. The molecule has 0 bridgehead atoms. The van der Waals surface area contributed by atoms with Gasteiger partial charge in [0.2, 0.25) is 11.8 Å². The Morgan fingerprint density at radius 2 is 1.65 bits per heavy atom. The molecule has 3 rings (SSSR count). The number of carbonyl (C=O) groups excluding carboxylic acids is 6. The first-order chi connectivity index (χ1) is 28.7. The number of amides is 3. The first-order valence-electron chi connectivity index (χ1n) is 20.7. The normalized spacial score (nSPS) is 21.3. The Morgan fingerprint density at radius 1 is 1.00 bits per heavy atom. The smallest absolute Gasteiger partial charge is 0.407 e. The first-order valence-corrected chi connectivity index (χ1v) is 21.5. The predicted molar refractivity (Wildman–Crippen MR) is 235 cm³/mol. The number of cyclic esters (lactones) is 2. The van der Waals surface area contributed by atoms with E-state index in [1.165, 1.54) is 24.3 Å². The van der Waals surface area contributed by atoms with Crippen molar-refractivity contribution >= 4 is 59.0 Å². The lowest BCUT2D eigenvalue weighted by molar-refractivity contribution is -0.180. The van der Waals surface area contributed by atoms with E-state index in [2.05, 4.69) is 16.0 Å². The quantitative estimate of drug-likeness (QED) is 0.0736. The second kappa shape index (κ2) is 22.1. The van der Waals surface area contributed by atoms with Crippen molar-refractivity contribution in [1.29, 1.82) is 0 Å². The molecule has 1 aliphatic rings. The molecule has 0 aliphatic carbocycles. The van der Waals surface area contributed by atoms with Crippen molar-refractivity contribution in [2.45, 2.75) is 131 Å². The molecular formula is C46H63Cl2N3O11. The third-order valence-corrected chi connectivity index (χ3v) is 11.0. The summed E-state index contributed by atoms with van der Waals surface area (Å²) in [6.45, 7) is 18.5. The zero-order chi connectivity index (χ0) is 46.7. The van der Waals surface area contributed by atoms with Crippen LogP contribution in [0, 0.1) is 29.6 Å². The maximum atomic E-state index is 13.8. The monoisotopic (exact) mass is 903 g/mol. The van der Waals surface area contributed by atoms with E-state index in [-0.39, 0.29) is 44.0 Å². The number of nitrogens with one attached hydrogen (secondary N) is 3. The van der Waals surface area contributed by atoms with Gasteiger partial charge in [-0.05, 0) is 109 Å². The van der Waals surface area contributed by atoms with E-state index >= 15 is 0 Å². The molecule has 6 atom stereocenters. The highest BCUT2D eigenvalue weighted by molar-refractivity contribution is 6.31. The minimum atomic E-state index is -1.33. The van der Waals surface area contributed by atoms with Crippen LogP contribution < -0.4 is 20.7 Å². The number of ether oxygens (including phenoxy) is 4. The number of aliphatic hydroxyl groups excluding tert-OH is 1. The Morgan fingerprint density at radius 3 is 2.24 bits per heavy atom. The number of benzene rings is 2. The molecule has 6 unspecified atom stereocenters. The van der Waals surface area contributed by atoms with Gasteiger partial charge < -0.3 is 40.0 Å². The van der Waals surface area contributed by atoms with Crippen LogP contribution in [0.15, 0.2) is 54.6 Å². The van der Waals surface area contributed by atoms with Gasteiger partial charge in [0.15, 0.2) is 6.10 Å². The highest BCUT2D eigenvalue weighted by Crippen LogP contribution is 2.34. The second-order valence-corrected chi connectivity index (χ2v) is 19.4. The van der Waals surface area contributed by atoms with Gasteiger partial charge >= 0.3 is 24.0 Å². The summed E-state index contributed by atoms with van der Waals surface area (Å²) in [5.41, 5.74) is -1.10. The molecule has 342 valence electrons. The van der Waals surface area contributed by atoms with Crippen LogP contribution in [0.25, 0.3) is 0 Å². The number of alkyl halides is 1. The molecule has 16 heteroatoms. The van der Waals surface area contributed by atoms with Crippen LogP contribution in [0.2, 0.25) is 5.02 Å². The molecule has 2 aromatic carbocycles. The summed E-state index contributed by atoms with van der Waals surface area (Å²) in [7, 11) is 0. The molecule has 1 heterocycles. The standard InChI is InChI=1S/C46H63Cl2N3O11/c1-26(2)21-35-40(55)60-34(13-12-14-36(52)51-33(23-29-16-15-27(3)32(47)22-29)39(54)49-24-45(8,9)42(57)61-35)28(4)38(53)37(48)30-17-19-31(20-18-30)59-41(56)46(10,11)25-50-43(58)62-44(5,6)7/h12,14-20,22,26,28,33-35,37-38,53H,13,21,23-25H2,1-11H3,(H,49,54)(H,50,58)(H,51,52)/b14-12+. The van der Waals surface area contributed by atoms with Gasteiger partial charge in [-0.3, -0.25) is 19.2 Å². The zero-order valence-electron chi connectivity index (χ0n) is 37.6. The zero-order valence-corrected chi connectivity index (χ0v) is 39.1. The molecule has 4 N–H and O–H groups in total. The highest BCUT2D eigenvalue weighted by atomic mass is 35.5. The highest BCUT2D eigenvalue weighted by Gasteiger charge is 2.39. The van der Waals surface area contributed by atoms with Gasteiger partial charge in [0.1, 0.15) is 23.5 Å². The van der Waals surface area contributed by atoms with Crippen molar-refractivity contribution in [3.05, 3.63) is 76.3 Å². The van der Waals surface area contributed by atoms with Crippen molar-refractivity contribution in [2.75, 3.05) is 13.1 Å². The summed E-state index contributed by atoms with van der Waals surface area (Å²) < 4.78 is 22.6. The number of aliphatic hydroxyl groups is 1. The predicted octanol–water partition coefficient (Wildman–Crippen LogP) is 7.08. The maximum absolute atomic E-state index is 13.8. The van der Waals surface area contributed by atoms with E-state index in [0.29, 0.717) is 16.1 Å². The van der Waals surface area contributed by atoms with Gasteiger partial charge in [-0.25, -0.2) is 9.59 Å². The Labute approximate surface area is 375 Å². The molecule has 0 saturated carbocycles. The number of hydrogen-bond donors (Lipinski definition) is 4. The van der Waals surface area contributed by atoms with Gasteiger partial charge in [0.05, 0.1) is 22.3 Å². The summed E-state index contributed by atoms with van der Waals surface area (Å²) in [4.78, 5) is 79.4. The topological polar surface area (TPSA) is 196 Å². The fourth-order valence-corrected chi connectivity index (χ4v) is 6.65. The van der Waals surface area contributed by atoms with E-state index in [1.807, 2.05) is 32.9 Å². The first kappa shape index (κ1) is 51.7. The second-order valence-electron chi connectivity index (χ2n) is 18.5. The summed E-state index contributed by atoms with van der Waals surface area (Å²) in [6.07, 6.45) is -1.53. The third-order valence-electron chi connectivity index (χ3n) is 10.1. The van der Waals surface area contributed by atoms with Crippen molar-refractivity contribution < 1.29 is 52.8 Å². The van der Waals surface area contributed by atoms with Crippen LogP contribution in [0.3, 0.4) is 0 Å². The van der Waals surface area contributed by atoms with Crippen LogP contribution >= 0.6 is 23.2 Å². The van der Waals surface area contributed by atoms with Crippen LogP contribution in [0.1, 0.15) is 104 Å². The van der Waals surface area contributed by atoms with Gasteiger partial charge in [0.25, 0.3) is 0 Å². The van der Waals surface area contributed by atoms with E-state index < -0.39 is 87.9 Å².